The summed E-state index contributed by atoms with van der Waals surface area (Å²) in [6, 6.07) is 7.22. The number of aromatic nitrogens is 2. The molecule has 0 radical (unpaired) electrons. The van der Waals surface area contributed by atoms with Crippen molar-refractivity contribution in [3.05, 3.63) is 35.4 Å². The summed E-state index contributed by atoms with van der Waals surface area (Å²) in [6.07, 6.45) is 0. The van der Waals surface area contributed by atoms with Gasteiger partial charge in [0.15, 0.2) is 4.34 Å². The highest BCUT2D eigenvalue weighted by molar-refractivity contribution is 8.00. The first kappa shape index (κ1) is 11.9. The molecule has 0 atom stereocenters. The quantitative estimate of drug-likeness (QED) is 0.818. The van der Waals surface area contributed by atoms with Crippen molar-refractivity contribution in [3.63, 3.8) is 0 Å². The van der Waals surface area contributed by atoms with E-state index in [4.69, 9.17) is 11.5 Å². The summed E-state index contributed by atoms with van der Waals surface area (Å²) in [7, 11) is 0. The van der Waals surface area contributed by atoms with Gasteiger partial charge in [-0.05, 0) is 17.7 Å². The largest absolute Gasteiger partial charge is 0.374 e. The highest BCUT2D eigenvalue weighted by Gasteiger charge is 2.04. The Balaban J connectivity index is 2.04. The van der Waals surface area contributed by atoms with Crippen LogP contribution < -0.4 is 11.5 Å². The Morgan fingerprint density at radius 3 is 2.88 bits per heavy atom. The summed E-state index contributed by atoms with van der Waals surface area (Å²) < 4.78 is 0.812. The monoisotopic (exact) mass is 266 g/mol. The average Bonchev–Trinajstić information content (AvgIpc) is 2.73. The third-order valence-corrected chi connectivity index (χ3v) is 3.95. The van der Waals surface area contributed by atoms with Crippen molar-refractivity contribution in [2.45, 2.75) is 10.1 Å². The van der Waals surface area contributed by atoms with E-state index in [2.05, 4.69) is 10.2 Å². The zero-order chi connectivity index (χ0) is 12.3. The first-order valence-corrected chi connectivity index (χ1v) is 6.56. The number of carbonyl (C=O) groups excluding carboxylic acids is 1. The Morgan fingerprint density at radius 1 is 1.41 bits per heavy atom. The van der Waals surface area contributed by atoms with Gasteiger partial charge in [0.1, 0.15) is 0 Å². The minimum Gasteiger partial charge on any atom is -0.374 e. The second kappa shape index (κ2) is 5.15. The Kier molecular flexibility index (Phi) is 3.60. The van der Waals surface area contributed by atoms with Crippen molar-refractivity contribution >= 4 is 34.1 Å². The number of hydrogen-bond acceptors (Lipinski definition) is 6. The Morgan fingerprint density at radius 2 is 2.24 bits per heavy atom. The molecule has 0 aliphatic carbocycles. The number of carbonyl (C=O) groups is 1. The molecule has 88 valence electrons. The fourth-order valence-corrected chi connectivity index (χ4v) is 2.82. The molecule has 1 heterocycles. The molecule has 1 amide bonds. The standard InChI is InChI=1S/C10H10N4OS2/c11-8(15)7-3-1-2-6(4-7)5-16-10-14-13-9(12)17-10/h1-4H,5H2,(H2,11,15)(H2,12,13). The number of hydrogen-bond donors (Lipinski definition) is 2. The summed E-state index contributed by atoms with van der Waals surface area (Å²) in [4.78, 5) is 11.0. The van der Waals surface area contributed by atoms with Crippen LogP contribution >= 0.6 is 23.1 Å². The lowest BCUT2D eigenvalue weighted by Gasteiger charge is -2.00. The number of amides is 1. The third kappa shape index (κ3) is 3.18. The van der Waals surface area contributed by atoms with Gasteiger partial charge in [0.05, 0.1) is 0 Å². The zero-order valence-corrected chi connectivity index (χ0v) is 10.4. The summed E-state index contributed by atoms with van der Waals surface area (Å²) >= 11 is 2.87. The first-order chi connectivity index (χ1) is 8.15. The van der Waals surface area contributed by atoms with Crippen LogP contribution in [0.5, 0.6) is 0 Å². The van der Waals surface area contributed by atoms with E-state index >= 15 is 0 Å². The van der Waals surface area contributed by atoms with Gasteiger partial charge >= 0.3 is 0 Å². The number of benzene rings is 1. The van der Waals surface area contributed by atoms with Crippen LogP contribution in [0.1, 0.15) is 15.9 Å². The number of thioether (sulfide) groups is 1. The number of anilines is 1. The van der Waals surface area contributed by atoms with Gasteiger partial charge in [0, 0.05) is 11.3 Å². The molecule has 5 nitrogen and oxygen atoms in total. The van der Waals surface area contributed by atoms with Crippen LogP contribution in [0.3, 0.4) is 0 Å². The van der Waals surface area contributed by atoms with E-state index in [9.17, 15) is 4.79 Å². The summed E-state index contributed by atoms with van der Waals surface area (Å²) in [5.41, 5.74) is 12.2. The minimum atomic E-state index is -0.419. The molecule has 0 aliphatic heterocycles. The topological polar surface area (TPSA) is 94.9 Å². The molecule has 7 heteroatoms. The molecule has 0 spiro atoms. The number of nitrogens with zero attached hydrogens (tertiary/aromatic N) is 2. The highest BCUT2D eigenvalue weighted by atomic mass is 32.2. The van der Waals surface area contributed by atoms with Gasteiger partial charge in [0.2, 0.25) is 11.0 Å². The van der Waals surface area contributed by atoms with E-state index in [1.807, 2.05) is 12.1 Å². The molecule has 4 N–H and O–H groups in total. The van der Waals surface area contributed by atoms with Crippen molar-refractivity contribution in [2.75, 3.05) is 5.73 Å². The van der Waals surface area contributed by atoms with Crippen LogP contribution in [0, 0.1) is 0 Å². The lowest BCUT2D eigenvalue weighted by atomic mass is 10.1. The van der Waals surface area contributed by atoms with Crippen LogP contribution in [0.25, 0.3) is 0 Å². The lowest BCUT2D eigenvalue weighted by molar-refractivity contribution is 0.1000. The van der Waals surface area contributed by atoms with Crippen LogP contribution in [0.4, 0.5) is 5.13 Å². The van der Waals surface area contributed by atoms with Crippen molar-refractivity contribution < 1.29 is 4.79 Å². The van der Waals surface area contributed by atoms with Gasteiger partial charge in [-0.15, -0.1) is 10.2 Å². The second-order valence-corrected chi connectivity index (χ2v) is 5.49. The zero-order valence-electron chi connectivity index (χ0n) is 8.79. The third-order valence-electron chi connectivity index (χ3n) is 2.00. The predicted molar refractivity (Wildman–Crippen MR) is 68.8 cm³/mol. The molecular formula is C10H10N4OS2. The molecule has 2 aromatic rings. The van der Waals surface area contributed by atoms with Gasteiger partial charge in [-0.1, -0.05) is 35.2 Å². The summed E-state index contributed by atoms with van der Waals surface area (Å²) in [6.45, 7) is 0. The van der Waals surface area contributed by atoms with E-state index in [0.717, 1.165) is 9.90 Å². The molecule has 0 fully saturated rings. The van der Waals surface area contributed by atoms with Gasteiger partial charge < -0.3 is 11.5 Å². The molecule has 2 rings (SSSR count). The van der Waals surface area contributed by atoms with Crippen LogP contribution in [0.15, 0.2) is 28.6 Å². The number of nitrogens with two attached hydrogens (primary N) is 2. The Labute approximate surface area is 106 Å². The van der Waals surface area contributed by atoms with E-state index in [1.54, 1.807) is 12.1 Å². The maximum absolute atomic E-state index is 11.0. The molecule has 0 bridgehead atoms. The fourth-order valence-electron chi connectivity index (χ4n) is 1.24. The highest BCUT2D eigenvalue weighted by Crippen LogP contribution is 2.26. The second-order valence-electron chi connectivity index (χ2n) is 3.26. The smallest absolute Gasteiger partial charge is 0.248 e. The van der Waals surface area contributed by atoms with Crippen molar-refractivity contribution in [1.29, 1.82) is 0 Å². The van der Waals surface area contributed by atoms with Gasteiger partial charge in [-0.2, -0.15) is 0 Å². The van der Waals surface area contributed by atoms with Gasteiger partial charge in [-0.3, -0.25) is 4.79 Å². The molecule has 0 aliphatic rings. The van der Waals surface area contributed by atoms with Gasteiger partial charge in [-0.25, -0.2) is 0 Å². The Hall–Kier alpha value is -1.60. The fraction of sp³-hybridized carbons (Fsp3) is 0.100. The maximum atomic E-state index is 11.0. The van der Waals surface area contributed by atoms with Crippen molar-refractivity contribution in [1.82, 2.24) is 10.2 Å². The molecule has 0 saturated carbocycles. The SMILES string of the molecule is NC(=O)c1cccc(CSc2nnc(N)s2)c1. The summed E-state index contributed by atoms with van der Waals surface area (Å²) in [5, 5.41) is 8.09. The average molecular weight is 266 g/mol. The number of rotatable bonds is 4. The molecule has 1 aromatic heterocycles. The van der Waals surface area contributed by atoms with Crippen LogP contribution in [0.2, 0.25) is 0 Å². The van der Waals surface area contributed by atoms with Gasteiger partial charge in [0.25, 0.3) is 0 Å². The summed E-state index contributed by atoms with van der Waals surface area (Å²) in [5.74, 6) is 0.285. The molecule has 17 heavy (non-hydrogen) atoms. The first-order valence-electron chi connectivity index (χ1n) is 4.75. The van der Waals surface area contributed by atoms with Crippen molar-refractivity contribution in [3.8, 4) is 0 Å². The predicted octanol–water partition coefficient (Wildman–Crippen LogP) is 1.51. The Bertz CT molecular complexity index is 541. The van der Waals surface area contributed by atoms with Crippen molar-refractivity contribution in [2.24, 2.45) is 5.73 Å². The van der Waals surface area contributed by atoms with E-state index in [-0.39, 0.29) is 0 Å². The van der Waals surface area contributed by atoms with E-state index in [1.165, 1.54) is 23.1 Å². The maximum Gasteiger partial charge on any atom is 0.248 e. The van der Waals surface area contributed by atoms with E-state index in [0.29, 0.717) is 16.4 Å². The molecule has 1 aromatic carbocycles. The molecule has 0 saturated heterocycles. The normalized spacial score (nSPS) is 10.4. The van der Waals surface area contributed by atoms with Crippen LogP contribution in [-0.4, -0.2) is 16.1 Å². The lowest BCUT2D eigenvalue weighted by Crippen LogP contribution is -2.10. The molecular weight excluding hydrogens is 256 g/mol. The molecule has 0 unspecified atom stereocenters. The number of nitrogen functional groups attached to an aromatic ring is 1. The minimum absolute atomic E-state index is 0.419. The number of primary amides is 1. The van der Waals surface area contributed by atoms with E-state index < -0.39 is 5.91 Å². The van der Waals surface area contributed by atoms with Crippen LogP contribution in [-0.2, 0) is 5.75 Å².